The van der Waals surface area contributed by atoms with Crippen molar-refractivity contribution >= 4 is 0 Å². The highest BCUT2D eigenvalue weighted by atomic mass is 16.5. The number of hydrogen-bond acceptors (Lipinski definition) is 1. The van der Waals surface area contributed by atoms with E-state index in [1.165, 1.54) is 22.3 Å². The predicted octanol–water partition coefficient (Wildman–Crippen LogP) is 11.4. The van der Waals surface area contributed by atoms with Crippen LogP contribution >= 0.6 is 0 Å². The quantitative estimate of drug-likeness (QED) is 0.232. The molecule has 4 atom stereocenters. The van der Waals surface area contributed by atoms with Crippen molar-refractivity contribution in [1.82, 2.24) is 0 Å². The monoisotopic (exact) mass is 552 g/mol. The second-order valence-electron chi connectivity index (χ2n) is 13.4. The van der Waals surface area contributed by atoms with Crippen LogP contribution in [0.25, 0.3) is 0 Å². The molecule has 0 radical (unpaired) electrons. The first-order valence-corrected chi connectivity index (χ1v) is 15.3. The first kappa shape index (κ1) is 34.3. The normalized spacial score (nSPS) is 28.1. The van der Waals surface area contributed by atoms with Gasteiger partial charge >= 0.3 is 0 Å². The fraction of sp³-hybridized carbons (Fsp3) is 0.450. The van der Waals surface area contributed by atoms with E-state index in [2.05, 4.69) is 165 Å². The van der Waals surface area contributed by atoms with Crippen LogP contribution in [0.1, 0.15) is 74.7 Å². The van der Waals surface area contributed by atoms with E-state index in [1.807, 2.05) is 7.11 Å². The van der Waals surface area contributed by atoms with Gasteiger partial charge in [0, 0.05) is 13.0 Å². The van der Waals surface area contributed by atoms with Crippen molar-refractivity contribution < 1.29 is 4.74 Å². The number of methoxy groups -OCH3 is 1. The van der Waals surface area contributed by atoms with Crippen molar-refractivity contribution in [3.8, 4) is 0 Å². The number of rotatable bonds is 11. The van der Waals surface area contributed by atoms with E-state index in [0.29, 0.717) is 23.9 Å². The zero-order valence-corrected chi connectivity index (χ0v) is 27.4. The molecule has 2 unspecified atom stereocenters. The van der Waals surface area contributed by atoms with Gasteiger partial charge in [-0.1, -0.05) is 161 Å². The highest BCUT2D eigenvalue weighted by Crippen LogP contribution is 2.45. The third-order valence-electron chi connectivity index (χ3n) is 8.56. The molecule has 0 aromatic rings. The fourth-order valence-electron chi connectivity index (χ4n) is 6.10. The molecular formula is C40H56O. The lowest BCUT2D eigenvalue weighted by Gasteiger charge is -2.44. The molecule has 1 fully saturated rings. The Bertz CT molecular complexity index is 1170. The lowest BCUT2D eigenvalue weighted by atomic mass is 9.63. The fourth-order valence-corrected chi connectivity index (χ4v) is 6.10. The van der Waals surface area contributed by atoms with Gasteiger partial charge in [-0.15, -0.1) is 0 Å². The van der Waals surface area contributed by atoms with Gasteiger partial charge in [0.15, 0.2) is 0 Å². The SMILES string of the molecule is C=C1C=CCC(C)(C)[C@H]1/C=C/C(C)=C/C=C/C(C)=C/C=C/C=C(C)/C=C/C=C/C=C/C1C(C)C[C@@H](OC)CC1(C)C. The van der Waals surface area contributed by atoms with Crippen LogP contribution in [-0.2, 0) is 4.74 Å². The molecule has 0 heterocycles. The first-order chi connectivity index (χ1) is 19.4. The van der Waals surface area contributed by atoms with Crippen LogP contribution in [0, 0.1) is 28.6 Å². The maximum absolute atomic E-state index is 5.66. The summed E-state index contributed by atoms with van der Waals surface area (Å²) >= 11 is 0. The lowest BCUT2D eigenvalue weighted by Crippen LogP contribution is -2.39. The first-order valence-electron chi connectivity index (χ1n) is 15.3. The van der Waals surface area contributed by atoms with E-state index in [1.54, 1.807) is 0 Å². The Hall–Kier alpha value is -2.90. The molecule has 0 N–H and O–H groups in total. The molecule has 41 heavy (non-hydrogen) atoms. The Labute approximate surface area is 252 Å². The van der Waals surface area contributed by atoms with E-state index >= 15 is 0 Å². The van der Waals surface area contributed by atoms with Crippen molar-refractivity contribution in [2.75, 3.05) is 7.11 Å². The average Bonchev–Trinajstić information content (AvgIpc) is 2.88. The number of hydrogen-bond donors (Lipinski definition) is 0. The highest BCUT2D eigenvalue weighted by Gasteiger charge is 2.39. The summed E-state index contributed by atoms with van der Waals surface area (Å²) in [6.07, 6.45) is 40.7. The number of allylic oxidation sites excluding steroid dienone is 21. The molecule has 0 aromatic heterocycles. The molecular weight excluding hydrogens is 496 g/mol. The second-order valence-corrected chi connectivity index (χ2v) is 13.4. The van der Waals surface area contributed by atoms with Crippen LogP contribution in [0.2, 0.25) is 0 Å². The molecule has 1 nitrogen and oxygen atoms in total. The summed E-state index contributed by atoms with van der Waals surface area (Å²) in [4.78, 5) is 0. The van der Waals surface area contributed by atoms with Gasteiger partial charge < -0.3 is 4.74 Å². The molecule has 2 aliphatic carbocycles. The van der Waals surface area contributed by atoms with Crippen LogP contribution in [-0.4, -0.2) is 13.2 Å². The van der Waals surface area contributed by atoms with E-state index in [-0.39, 0.29) is 10.8 Å². The number of ether oxygens (including phenoxy) is 1. The summed E-state index contributed by atoms with van der Waals surface area (Å²) in [5.41, 5.74) is 5.36. The minimum atomic E-state index is 0.223. The van der Waals surface area contributed by atoms with Crippen LogP contribution in [0.3, 0.4) is 0 Å². The highest BCUT2D eigenvalue weighted by molar-refractivity contribution is 5.34. The molecule has 1 heteroatoms. The summed E-state index contributed by atoms with van der Waals surface area (Å²) in [5, 5.41) is 0. The van der Waals surface area contributed by atoms with Crippen LogP contribution < -0.4 is 0 Å². The summed E-state index contributed by atoms with van der Waals surface area (Å²) in [6, 6.07) is 0. The summed E-state index contributed by atoms with van der Waals surface area (Å²) in [5.74, 6) is 1.60. The van der Waals surface area contributed by atoms with Gasteiger partial charge in [-0.25, -0.2) is 0 Å². The Kier molecular flexibility index (Phi) is 13.8. The predicted molar refractivity (Wildman–Crippen MR) is 183 cm³/mol. The second kappa shape index (κ2) is 16.5. The summed E-state index contributed by atoms with van der Waals surface area (Å²) in [7, 11) is 1.84. The molecule has 2 rings (SSSR count). The maximum atomic E-state index is 5.66. The summed E-state index contributed by atoms with van der Waals surface area (Å²) < 4.78 is 5.66. The molecule has 0 aliphatic heterocycles. The zero-order valence-electron chi connectivity index (χ0n) is 27.4. The molecule has 222 valence electrons. The van der Waals surface area contributed by atoms with E-state index in [4.69, 9.17) is 4.74 Å². The van der Waals surface area contributed by atoms with E-state index in [9.17, 15) is 0 Å². The minimum Gasteiger partial charge on any atom is -0.381 e. The Morgan fingerprint density at radius 3 is 1.98 bits per heavy atom. The van der Waals surface area contributed by atoms with Crippen LogP contribution in [0.5, 0.6) is 0 Å². The molecule has 0 saturated heterocycles. The van der Waals surface area contributed by atoms with Crippen molar-refractivity contribution in [2.24, 2.45) is 28.6 Å². The Balaban J connectivity index is 1.82. The van der Waals surface area contributed by atoms with Gasteiger partial charge in [0.25, 0.3) is 0 Å². The standard InChI is InChI=1S/C40H56O/c1-31(19-13-11-12-14-25-37-35(5)29-36(41-10)30-40(37,8)9)20-15-16-21-32(2)22-17-23-33(3)26-27-38-34(4)24-18-28-39(38,6)7/h11-27,35-38H,4,28-30H2,1-3,5-10H3/b12-11+,16-15+,19-13+,22-17+,25-14+,27-26+,31-20+,32-21+,33-23+/t35?,36-,37?,38+/m1/s1. The van der Waals surface area contributed by atoms with Gasteiger partial charge in [0.2, 0.25) is 0 Å². The zero-order chi connectivity index (χ0) is 30.5. The van der Waals surface area contributed by atoms with Crippen molar-refractivity contribution in [3.05, 3.63) is 132 Å². The largest absolute Gasteiger partial charge is 0.381 e. The van der Waals surface area contributed by atoms with Gasteiger partial charge in [0.1, 0.15) is 0 Å². The van der Waals surface area contributed by atoms with E-state index in [0.717, 1.165) is 19.3 Å². The van der Waals surface area contributed by atoms with Crippen LogP contribution in [0.4, 0.5) is 0 Å². The Morgan fingerprint density at radius 2 is 1.37 bits per heavy atom. The molecule has 0 aromatic carbocycles. The van der Waals surface area contributed by atoms with Crippen molar-refractivity contribution in [2.45, 2.75) is 80.8 Å². The van der Waals surface area contributed by atoms with Crippen LogP contribution in [0.15, 0.2) is 132 Å². The van der Waals surface area contributed by atoms with Gasteiger partial charge in [-0.2, -0.15) is 0 Å². The smallest absolute Gasteiger partial charge is 0.0579 e. The molecule has 2 aliphatic rings. The van der Waals surface area contributed by atoms with E-state index < -0.39 is 0 Å². The average molecular weight is 553 g/mol. The third-order valence-corrected chi connectivity index (χ3v) is 8.56. The summed E-state index contributed by atoms with van der Waals surface area (Å²) in [6.45, 7) is 22.4. The topological polar surface area (TPSA) is 9.23 Å². The third kappa shape index (κ3) is 11.9. The lowest BCUT2D eigenvalue weighted by molar-refractivity contribution is -0.0192. The van der Waals surface area contributed by atoms with Gasteiger partial charge in [0.05, 0.1) is 6.10 Å². The van der Waals surface area contributed by atoms with Gasteiger partial charge in [-0.3, -0.25) is 0 Å². The van der Waals surface area contributed by atoms with Gasteiger partial charge in [-0.05, 0) is 68.3 Å². The minimum absolute atomic E-state index is 0.223. The molecule has 0 bridgehead atoms. The Morgan fingerprint density at radius 1 is 0.780 bits per heavy atom. The van der Waals surface area contributed by atoms with Crippen molar-refractivity contribution in [3.63, 3.8) is 0 Å². The molecule has 1 saturated carbocycles. The molecule has 0 amide bonds. The molecule has 0 spiro atoms. The van der Waals surface area contributed by atoms with Crippen molar-refractivity contribution in [1.29, 1.82) is 0 Å². The maximum Gasteiger partial charge on any atom is 0.0579 e.